The van der Waals surface area contributed by atoms with E-state index in [9.17, 15) is 4.79 Å². The van der Waals surface area contributed by atoms with E-state index in [1.165, 1.54) is 0 Å². The predicted molar refractivity (Wildman–Crippen MR) is 133 cm³/mol. The number of fused-ring (bicyclic) bond motifs is 2. The highest BCUT2D eigenvalue weighted by molar-refractivity contribution is 6.42. The van der Waals surface area contributed by atoms with E-state index in [0.717, 1.165) is 38.7 Å². The minimum absolute atomic E-state index is 0.278. The zero-order chi connectivity index (χ0) is 22.5. The summed E-state index contributed by atoms with van der Waals surface area (Å²) in [5.74, 6) is 0. The van der Waals surface area contributed by atoms with Crippen LogP contribution in [-0.4, -0.2) is 16.0 Å². The fourth-order valence-electron chi connectivity index (χ4n) is 3.30. The van der Waals surface area contributed by atoms with Gasteiger partial charge in [-0.3, -0.25) is 0 Å². The van der Waals surface area contributed by atoms with Crippen LogP contribution in [0.3, 0.4) is 0 Å². The van der Waals surface area contributed by atoms with Crippen molar-refractivity contribution >= 4 is 62.4 Å². The number of aromatic amines is 2. The molecule has 5 rings (SSSR count). The van der Waals surface area contributed by atoms with Crippen molar-refractivity contribution in [1.29, 1.82) is 0 Å². The molecule has 0 bridgehead atoms. The lowest BCUT2D eigenvalue weighted by atomic mass is 10.2. The van der Waals surface area contributed by atoms with Crippen molar-refractivity contribution in [2.24, 2.45) is 0 Å². The van der Waals surface area contributed by atoms with Crippen molar-refractivity contribution in [1.82, 2.24) is 15.3 Å². The van der Waals surface area contributed by atoms with Crippen LogP contribution >= 0.6 is 23.2 Å². The summed E-state index contributed by atoms with van der Waals surface area (Å²) in [5, 5.41) is 8.66. The minimum Gasteiger partial charge on any atom is -0.398 e. The van der Waals surface area contributed by atoms with Crippen LogP contribution in [0.4, 0.5) is 16.2 Å². The molecule has 8 heteroatoms. The van der Waals surface area contributed by atoms with E-state index >= 15 is 0 Å². The second kappa shape index (κ2) is 9.68. The van der Waals surface area contributed by atoms with Crippen LogP contribution < -0.4 is 16.4 Å². The zero-order valence-electron chi connectivity index (χ0n) is 17.0. The molecular weight excluding hydrogens is 445 g/mol. The van der Waals surface area contributed by atoms with Crippen molar-refractivity contribution in [3.63, 3.8) is 0 Å². The molecule has 0 unspecified atom stereocenters. The lowest BCUT2D eigenvalue weighted by Crippen LogP contribution is -2.28. The van der Waals surface area contributed by atoms with E-state index in [0.29, 0.717) is 16.6 Å². The Hall–Kier alpha value is -3.61. The molecule has 0 fully saturated rings. The largest absolute Gasteiger partial charge is 0.398 e. The first kappa shape index (κ1) is 21.6. The van der Waals surface area contributed by atoms with Gasteiger partial charge in [-0.25, -0.2) is 4.79 Å². The number of rotatable bonds is 3. The molecule has 2 heterocycles. The van der Waals surface area contributed by atoms with Crippen molar-refractivity contribution in [3.05, 3.63) is 94.7 Å². The molecule has 0 atom stereocenters. The van der Waals surface area contributed by atoms with Gasteiger partial charge in [0.05, 0.1) is 15.7 Å². The maximum Gasteiger partial charge on any atom is 0.319 e. The van der Waals surface area contributed by atoms with Gasteiger partial charge in [-0.1, -0.05) is 41.4 Å². The molecule has 32 heavy (non-hydrogen) atoms. The number of amides is 2. The van der Waals surface area contributed by atoms with Gasteiger partial charge in [0, 0.05) is 46.4 Å². The number of aromatic nitrogens is 2. The molecule has 2 amide bonds. The summed E-state index contributed by atoms with van der Waals surface area (Å²) >= 11 is 11.8. The van der Waals surface area contributed by atoms with Crippen LogP contribution in [-0.2, 0) is 6.54 Å². The van der Waals surface area contributed by atoms with Crippen LogP contribution in [0.1, 0.15) is 5.56 Å². The maximum atomic E-state index is 12.0. The summed E-state index contributed by atoms with van der Waals surface area (Å²) in [5.41, 5.74) is 10.2. The second-order valence-electron chi connectivity index (χ2n) is 7.09. The van der Waals surface area contributed by atoms with Crippen LogP contribution in [0.15, 0.2) is 79.1 Å². The SMILES string of the molecule is Nc1cccc2[nH]ccc12.O=C(NCc1ccc(Cl)c(Cl)c1)Nc1cccc2[nH]ccc12. The first-order valence-corrected chi connectivity index (χ1v) is 10.6. The van der Waals surface area contributed by atoms with Gasteiger partial charge < -0.3 is 26.3 Å². The molecule has 0 aliphatic carbocycles. The molecule has 6 N–H and O–H groups in total. The summed E-state index contributed by atoms with van der Waals surface area (Å²) in [7, 11) is 0. The van der Waals surface area contributed by atoms with Crippen LogP contribution in [0.5, 0.6) is 0 Å². The first-order chi connectivity index (χ1) is 15.5. The molecule has 0 saturated heterocycles. The average Bonchev–Trinajstić information content (AvgIpc) is 3.46. The van der Waals surface area contributed by atoms with E-state index < -0.39 is 0 Å². The quantitative estimate of drug-likeness (QED) is 0.195. The number of H-pyrrole nitrogens is 2. The number of anilines is 2. The standard InChI is InChI=1S/C16H13Cl2N3O.C8H8N2/c17-12-5-4-10(8-13(12)18)9-20-16(22)21-15-3-1-2-14-11(15)6-7-19-14;9-7-2-1-3-8-6(7)4-5-10-8/h1-8,19H,9H2,(H2,20,21,22);1-5,10H,9H2. The highest BCUT2D eigenvalue weighted by Gasteiger charge is 2.06. The summed E-state index contributed by atoms with van der Waals surface area (Å²) in [4.78, 5) is 18.2. The van der Waals surface area contributed by atoms with Crippen molar-refractivity contribution in [2.45, 2.75) is 6.54 Å². The zero-order valence-corrected chi connectivity index (χ0v) is 18.5. The van der Waals surface area contributed by atoms with E-state index in [1.54, 1.807) is 12.1 Å². The smallest absolute Gasteiger partial charge is 0.319 e. The fourth-order valence-corrected chi connectivity index (χ4v) is 3.62. The van der Waals surface area contributed by atoms with Gasteiger partial charge >= 0.3 is 6.03 Å². The molecule has 5 aromatic rings. The summed E-state index contributed by atoms with van der Waals surface area (Å²) in [6.45, 7) is 0.367. The molecule has 0 aliphatic heterocycles. The van der Waals surface area contributed by atoms with E-state index in [-0.39, 0.29) is 6.03 Å². The van der Waals surface area contributed by atoms with E-state index in [1.807, 2.05) is 67.0 Å². The highest BCUT2D eigenvalue weighted by atomic mass is 35.5. The van der Waals surface area contributed by atoms with Gasteiger partial charge in [0.15, 0.2) is 0 Å². The molecule has 6 nitrogen and oxygen atoms in total. The molecule has 162 valence electrons. The number of nitrogens with one attached hydrogen (secondary N) is 4. The highest BCUT2D eigenvalue weighted by Crippen LogP contribution is 2.23. The Morgan fingerprint density at radius 1 is 0.844 bits per heavy atom. The Balaban J connectivity index is 0.000000203. The molecule has 2 aromatic heterocycles. The van der Waals surface area contributed by atoms with Gasteiger partial charge in [-0.2, -0.15) is 0 Å². The molecule has 0 radical (unpaired) electrons. The Kier molecular flexibility index (Phi) is 6.54. The first-order valence-electron chi connectivity index (χ1n) is 9.88. The Morgan fingerprint density at radius 3 is 2.25 bits per heavy atom. The topological polar surface area (TPSA) is 98.7 Å². The van der Waals surface area contributed by atoms with E-state index in [4.69, 9.17) is 28.9 Å². The Morgan fingerprint density at radius 2 is 1.53 bits per heavy atom. The second-order valence-corrected chi connectivity index (χ2v) is 7.90. The lowest BCUT2D eigenvalue weighted by molar-refractivity contribution is 0.252. The number of halogens is 2. The van der Waals surface area contributed by atoms with Gasteiger partial charge in [-0.15, -0.1) is 0 Å². The Bertz CT molecular complexity index is 1380. The lowest BCUT2D eigenvalue weighted by Gasteiger charge is -2.09. The number of carbonyl (C=O) groups excluding carboxylic acids is 1. The van der Waals surface area contributed by atoms with Crippen molar-refractivity contribution < 1.29 is 4.79 Å². The average molecular weight is 466 g/mol. The number of carbonyl (C=O) groups is 1. The van der Waals surface area contributed by atoms with Crippen LogP contribution in [0, 0.1) is 0 Å². The summed E-state index contributed by atoms with van der Waals surface area (Å²) in [6, 6.07) is 20.4. The third-order valence-electron chi connectivity index (χ3n) is 4.91. The summed E-state index contributed by atoms with van der Waals surface area (Å²) < 4.78 is 0. The summed E-state index contributed by atoms with van der Waals surface area (Å²) in [6.07, 6.45) is 3.73. The van der Waals surface area contributed by atoms with Gasteiger partial charge in [0.2, 0.25) is 0 Å². The monoisotopic (exact) mass is 465 g/mol. The number of benzene rings is 3. The molecule has 0 spiro atoms. The molecular formula is C24H21Cl2N5O. The van der Waals surface area contributed by atoms with E-state index in [2.05, 4.69) is 20.6 Å². The molecule has 3 aromatic carbocycles. The molecule has 0 aliphatic rings. The number of hydrogen-bond acceptors (Lipinski definition) is 2. The van der Waals surface area contributed by atoms with Crippen molar-refractivity contribution in [2.75, 3.05) is 11.1 Å². The third kappa shape index (κ3) is 4.99. The maximum absolute atomic E-state index is 12.0. The minimum atomic E-state index is -0.278. The molecule has 0 saturated carbocycles. The number of nitrogen functional groups attached to an aromatic ring is 1. The number of hydrogen-bond donors (Lipinski definition) is 5. The number of nitrogens with two attached hydrogens (primary N) is 1. The van der Waals surface area contributed by atoms with Gasteiger partial charge in [-0.05, 0) is 54.1 Å². The Labute approximate surface area is 194 Å². The number of urea groups is 1. The third-order valence-corrected chi connectivity index (χ3v) is 5.65. The van der Waals surface area contributed by atoms with Gasteiger partial charge in [0.1, 0.15) is 0 Å². The van der Waals surface area contributed by atoms with Crippen LogP contribution in [0.25, 0.3) is 21.8 Å². The van der Waals surface area contributed by atoms with Gasteiger partial charge in [0.25, 0.3) is 0 Å². The van der Waals surface area contributed by atoms with Crippen LogP contribution in [0.2, 0.25) is 10.0 Å². The fraction of sp³-hybridized carbons (Fsp3) is 0.0417. The van der Waals surface area contributed by atoms with Crippen molar-refractivity contribution in [3.8, 4) is 0 Å². The normalized spacial score (nSPS) is 10.6. The predicted octanol–water partition coefficient (Wildman–Crippen LogP) is 6.55.